The first-order valence-corrected chi connectivity index (χ1v) is 7.08. The Hall–Kier alpha value is -0.950. The highest BCUT2D eigenvalue weighted by atomic mass is 32.1. The molecule has 1 aromatic rings. The lowest BCUT2D eigenvalue weighted by Crippen LogP contribution is -2.41. The molecule has 1 aromatic heterocycles. The molecule has 0 aliphatic carbocycles. The lowest BCUT2D eigenvalue weighted by atomic mass is 10.0. The number of rotatable bonds is 4. The zero-order chi connectivity index (χ0) is 13.0. The van der Waals surface area contributed by atoms with Crippen molar-refractivity contribution in [1.29, 1.82) is 0 Å². The van der Waals surface area contributed by atoms with Gasteiger partial charge < -0.3 is 5.32 Å². The van der Waals surface area contributed by atoms with E-state index in [-0.39, 0.29) is 5.91 Å². The average molecular weight is 268 g/mol. The predicted octanol–water partition coefficient (Wildman–Crippen LogP) is 0.535. The lowest BCUT2D eigenvalue weighted by Gasteiger charge is -2.31. The summed E-state index contributed by atoms with van der Waals surface area (Å²) in [6, 6.07) is 2.60. The summed E-state index contributed by atoms with van der Waals surface area (Å²) in [7, 11) is 2.12. The van der Waals surface area contributed by atoms with Crippen LogP contribution in [-0.2, 0) is 6.54 Å². The largest absolute Gasteiger partial charge is 0.317 e. The predicted molar refractivity (Wildman–Crippen MR) is 73.3 cm³/mol. The van der Waals surface area contributed by atoms with Crippen molar-refractivity contribution in [2.45, 2.75) is 25.4 Å². The first-order chi connectivity index (χ1) is 8.72. The topological polar surface area (TPSA) is 70.4 Å². The van der Waals surface area contributed by atoms with E-state index >= 15 is 0 Å². The van der Waals surface area contributed by atoms with Crippen LogP contribution in [0.15, 0.2) is 11.4 Å². The Labute approximate surface area is 111 Å². The Morgan fingerprint density at radius 2 is 2.33 bits per heavy atom. The second kappa shape index (κ2) is 6.29. The van der Waals surface area contributed by atoms with Gasteiger partial charge in [0.15, 0.2) is 0 Å². The van der Waals surface area contributed by atoms with Gasteiger partial charge in [0.25, 0.3) is 5.91 Å². The van der Waals surface area contributed by atoms with Crippen LogP contribution in [0.25, 0.3) is 0 Å². The summed E-state index contributed by atoms with van der Waals surface area (Å²) in [5.74, 6) is 5.00. The molecule has 1 saturated heterocycles. The molecule has 4 N–H and O–H groups in total. The molecule has 6 heteroatoms. The van der Waals surface area contributed by atoms with Crippen LogP contribution in [0.2, 0.25) is 0 Å². The molecule has 2 heterocycles. The van der Waals surface area contributed by atoms with Gasteiger partial charge in [0, 0.05) is 12.6 Å². The second-order valence-electron chi connectivity index (χ2n) is 4.64. The SMILES string of the molecule is CN(Cc1ccsc1C(=O)NN)C1CCNCC1. The molecule has 5 nitrogen and oxygen atoms in total. The number of piperidine rings is 1. The monoisotopic (exact) mass is 268 g/mol. The van der Waals surface area contributed by atoms with E-state index < -0.39 is 0 Å². The van der Waals surface area contributed by atoms with Gasteiger partial charge >= 0.3 is 0 Å². The van der Waals surface area contributed by atoms with Gasteiger partial charge in [-0.2, -0.15) is 0 Å². The van der Waals surface area contributed by atoms with E-state index in [9.17, 15) is 4.79 Å². The van der Waals surface area contributed by atoms with E-state index in [1.807, 2.05) is 11.4 Å². The molecule has 0 saturated carbocycles. The standard InChI is InChI=1S/C12H20N4OS/c1-16(10-2-5-14-6-3-10)8-9-4-7-18-11(9)12(17)15-13/h4,7,10,14H,2-3,5-6,8,13H2,1H3,(H,15,17). The van der Waals surface area contributed by atoms with E-state index in [2.05, 4.69) is 22.7 Å². The molecule has 0 aromatic carbocycles. The molecule has 0 unspecified atom stereocenters. The Balaban J connectivity index is 2.00. The Morgan fingerprint density at radius 3 is 3.00 bits per heavy atom. The molecular weight excluding hydrogens is 248 g/mol. The molecule has 2 rings (SSSR count). The summed E-state index contributed by atoms with van der Waals surface area (Å²) in [4.78, 5) is 14.6. The van der Waals surface area contributed by atoms with Gasteiger partial charge in [-0.25, -0.2) is 5.84 Å². The summed E-state index contributed by atoms with van der Waals surface area (Å²) in [5, 5.41) is 5.30. The molecule has 0 spiro atoms. The first kappa shape index (κ1) is 13.5. The van der Waals surface area contributed by atoms with Crippen molar-refractivity contribution in [3.63, 3.8) is 0 Å². The summed E-state index contributed by atoms with van der Waals surface area (Å²) in [5.41, 5.74) is 3.26. The van der Waals surface area contributed by atoms with Gasteiger partial charge in [-0.05, 0) is 50.0 Å². The van der Waals surface area contributed by atoms with Gasteiger partial charge in [0.2, 0.25) is 0 Å². The van der Waals surface area contributed by atoms with Gasteiger partial charge in [0.05, 0.1) is 4.88 Å². The third kappa shape index (κ3) is 3.08. The van der Waals surface area contributed by atoms with E-state index in [0.29, 0.717) is 6.04 Å². The fourth-order valence-corrected chi connectivity index (χ4v) is 3.19. The molecule has 18 heavy (non-hydrogen) atoms. The number of thiophene rings is 1. The summed E-state index contributed by atoms with van der Waals surface area (Å²) < 4.78 is 0. The Kier molecular flexibility index (Phi) is 4.71. The second-order valence-corrected chi connectivity index (χ2v) is 5.56. The molecule has 0 radical (unpaired) electrons. The van der Waals surface area contributed by atoms with Crippen LogP contribution < -0.4 is 16.6 Å². The minimum atomic E-state index is -0.196. The quantitative estimate of drug-likeness (QED) is 0.423. The van der Waals surface area contributed by atoms with E-state index in [1.165, 1.54) is 24.2 Å². The molecule has 0 atom stereocenters. The van der Waals surface area contributed by atoms with Gasteiger partial charge in [-0.3, -0.25) is 15.1 Å². The number of amides is 1. The van der Waals surface area contributed by atoms with Crippen LogP contribution in [0.3, 0.4) is 0 Å². The zero-order valence-corrected chi connectivity index (χ0v) is 11.4. The Bertz CT molecular complexity index is 401. The highest BCUT2D eigenvalue weighted by molar-refractivity contribution is 7.12. The number of hydrazine groups is 1. The van der Waals surface area contributed by atoms with Crippen molar-refractivity contribution in [1.82, 2.24) is 15.6 Å². The van der Waals surface area contributed by atoms with Gasteiger partial charge in [-0.1, -0.05) is 0 Å². The van der Waals surface area contributed by atoms with E-state index in [1.54, 1.807) is 0 Å². The fourth-order valence-electron chi connectivity index (χ4n) is 2.37. The zero-order valence-electron chi connectivity index (χ0n) is 10.6. The van der Waals surface area contributed by atoms with Crippen molar-refractivity contribution in [2.24, 2.45) is 5.84 Å². The number of hydrogen-bond acceptors (Lipinski definition) is 5. The van der Waals surface area contributed by atoms with Gasteiger partial charge in [-0.15, -0.1) is 11.3 Å². The van der Waals surface area contributed by atoms with Crippen molar-refractivity contribution in [3.05, 3.63) is 21.9 Å². The maximum absolute atomic E-state index is 11.6. The number of nitrogens with two attached hydrogens (primary N) is 1. The minimum Gasteiger partial charge on any atom is -0.317 e. The molecular formula is C12H20N4OS. The van der Waals surface area contributed by atoms with Crippen LogP contribution in [0.1, 0.15) is 28.1 Å². The third-order valence-corrected chi connectivity index (χ3v) is 4.39. The van der Waals surface area contributed by atoms with Crippen molar-refractivity contribution >= 4 is 17.2 Å². The van der Waals surface area contributed by atoms with Crippen LogP contribution in [0, 0.1) is 0 Å². The third-order valence-electron chi connectivity index (χ3n) is 3.44. The number of carbonyl (C=O) groups is 1. The highest BCUT2D eigenvalue weighted by Crippen LogP contribution is 2.20. The van der Waals surface area contributed by atoms with Crippen molar-refractivity contribution in [2.75, 3.05) is 20.1 Å². The molecule has 1 aliphatic heterocycles. The molecule has 1 fully saturated rings. The molecule has 100 valence electrons. The van der Waals surface area contributed by atoms with Gasteiger partial charge in [0.1, 0.15) is 0 Å². The van der Waals surface area contributed by atoms with E-state index in [0.717, 1.165) is 30.1 Å². The molecule has 1 aliphatic rings. The molecule has 0 bridgehead atoms. The van der Waals surface area contributed by atoms with Crippen LogP contribution in [0.5, 0.6) is 0 Å². The van der Waals surface area contributed by atoms with Crippen LogP contribution in [0.4, 0.5) is 0 Å². The smallest absolute Gasteiger partial charge is 0.275 e. The Morgan fingerprint density at radius 1 is 1.61 bits per heavy atom. The maximum Gasteiger partial charge on any atom is 0.275 e. The average Bonchev–Trinajstić information content (AvgIpc) is 2.87. The van der Waals surface area contributed by atoms with Crippen LogP contribution >= 0.6 is 11.3 Å². The lowest BCUT2D eigenvalue weighted by molar-refractivity contribution is 0.0955. The fraction of sp³-hybridized carbons (Fsp3) is 0.583. The van der Waals surface area contributed by atoms with E-state index in [4.69, 9.17) is 5.84 Å². The van der Waals surface area contributed by atoms with Crippen molar-refractivity contribution in [3.8, 4) is 0 Å². The highest BCUT2D eigenvalue weighted by Gasteiger charge is 2.20. The number of hydrogen-bond donors (Lipinski definition) is 3. The molecule has 1 amide bonds. The summed E-state index contributed by atoms with van der Waals surface area (Å²) >= 11 is 1.44. The normalized spacial score (nSPS) is 17.1. The van der Waals surface area contributed by atoms with Crippen LogP contribution in [-0.4, -0.2) is 37.0 Å². The number of nitrogens with zero attached hydrogens (tertiary/aromatic N) is 1. The number of nitrogens with one attached hydrogen (secondary N) is 2. The van der Waals surface area contributed by atoms with Crippen molar-refractivity contribution < 1.29 is 4.79 Å². The number of nitrogen functional groups attached to an aromatic ring is 1. The maximum atomic E-state index is 11.6. The number of carbonyl (C=O) groups excluding carboxylic acids is 1. The summed E-state index contributed by atoms with van der Waals surface area (Å²) in [6.07, 6.45) is 2.33. The summed E-state index contributed by atoms with van der Waals surface area (Å²) in [6.45, 7) is 2.96. The minimum absolute atomic E-state index is 0.196. The first-order valence-electron chi connectivity index (χ1n) is 6.20.